The number of hydrogen-bond acceptors (Lipinski definition) is 4. The number of fused-ring (bicyclic) bond motifs is 2. The lowest BCUT2D eigenvalue weighted by Crippen LogP contribution is -2.55. The van der Waals surface area contributed by atoms with Gasteiger partial charge in [0, 0.05) is 29.9 Å². The lowest BCUT2D eigenvalue weighted by Gasteiger charge is -2.56. The van der Waals surface area contributed by atoms with E-state index in [-0.39, 0.29) is 12.0 Å². The van der Waals surface area contributed by atoms with Crippen molar-refractivity contribution in [2.45, 2.75) is 38.5 Å². The molecule has 1 N–H and O–H groups in total. The van der Waals surface area contributed by atoms with Gasteiger partial charge in [-0.2, -0.15) is 4.57 Å². The summed E-state index contributed by atoms with van der Waals surface area (Å²) in [6.45, 7) is 2.19. The van der Waals surface area contributed by atoms with Crippen molar-refractivity contribution in [3.8, 4) is 11.1 Å². The Morgan fingerprint density at radius 2 is 1.33 bits per heavy atom. The minimum atomic E-state index is -0.224. The quantitative estimate of drug-likeness (QED) is 0.133. The number of para-hydroxylation sites is 2. The van der Waals surface area contributed by atoms with E-state index in [9.17, 15) is 4.79 Å². The standard InChI is InChI=1S/C37H43N2O4/c1-38-33-8-4-2-6-31(33)35(32-7-3-5-9-34(32)38)29-10-12-30(13-11-29)39(14-16-42-18-19-43-17-15-40)36(41)37-23-26-20-27(24-37)22-28(21-26)25-37/h2-13,26-28,40H,14-25H2,1H3/q+1. The van der Waals surface area contributed by atoms with Crippen molar-refractivity contribution in [3.05, 3.63) is 72.8 Å². The van der Waals surface area contributed by atoms with Gasteiger partial charge in [-0.15, -0.1) is 0 Å². The SMILES string of the molecule is C[n+]1c2ccccc2c(-c2ccc(N(CCOCCOCCO)C(=O)C34CC5CC(CC(C5)C3)C4)cc2)c2ccccc21. The highest BCUT2D eigenvalue weighted by Gasteiger charge is 2.55. The predicted octanol–water partition coefficient (Wildman–Crippen LogP) is 6.06. The molecule has 8 rings (SSSR count). The average Bonchev–Trinajstić information content (AvgIpc) is 3.02. The molecule has 0 radical (unpaired) electrons. The summed E-state index contributed by atoms with van der Waals surface area (Å²) in [5.74, 6) is 2.42. The molecule has 4 bridgehead atoms. The number of benzene rings is 3. The molecule has 6 nitrogen and oxygen atoms in total. The number of aliphatic hydroxyl groups excluding tert-OH is 1. The first-order valence-electron chi connectivity index (χ1n) is 16.0. The van der Waals surface area contributed by atoms with Crippen molar-refractivity contribution in [2.24, 2.45) is 30.2 Å². The van der Waals surface area contributed by atoms with Gasteiger partial charge in [0.05, 0.1) is 49.2 Å². The van der Waals surface area contributed by atoms with Crippen molar-refractivity contribution >= 4 is 33.4 Å². The van der Waals surface area contributed by atoms with Gasteiger partial charge in [0.2, 0.25) is 16.9 Å². The minimum absolute atomic E-state index is 0.0103. The van der Waals surface area contributed by atoms with Gasteiger partial charge >= 0.3 is 0 Å². The van der Waals surface area contributed by atoms with E-state index in [1.807, 2.05) is 4.90 Å². The number of hydrogen-bond donors (Lipinski definition) is 1. The summed E-state index contributed by atoms with van der Waals surface area (Å²) in [7, 11) is 2.13. The normalized spacial score (nSPS) is 24.2. The lowest BCUT2D eigenvalue weighted by molar-refractivity contribution is -0.617. The molecule has 0 unspecified atom stereocenters. The smallest absolute Gasteiger partial charge is 0.233 e. The molecule has 0 aliphatic heterocycles. The molecule has 1 amide bonds. The first-order chi connectivity index (χ1) is 21.1. The summed E-state index contributed by atoms with van der Waals surface area (Å²) in [4.78, 5) is 16.6. The highest BCUT2D eigenvalue weighted by molar-refractivity contribution is 6.07. The maximum absolute atomic E-state index is 14.6. The fourth-order valence-electron chi connectivity index (χ4n) is 8.90. The Balaban J connectivity index is 1.20. The van der Waals surface area contributed by atoms with Crippen LogP contribution in [0.25, 0.3) is 32.9 Å². The predicted molar refractivity (Wildman–Crippen MR) is 170 cm³/mol. The van der Waals surface area contributed by atoms with Crippen LogP contribution in [0.2, 0.25) is 0 Å². The number of carbonyl (C=O) groups is 1. The molecule has 43 heavy (non-hydrogen) atoms. The number of carbonyl (C=O) groups excluding carboxylic acids is 1. The van der Waals surface area contributed by atoms with E-state index < -0.39 is 0 Å². The third kappa shape index (κ3) is 5.34. The number of nitrogens with zero attached hydrogens (tertiary/aromatic N) is 2. The van der Waals surface area contributed by atoms with E-state index in [0.717, 1.165) is 30.5 Å². The van der Waals surface area contributed by atoms with Crippen LogP contribution < -0.4 is 9.47 Å². The van der Waals surface area contributed by atoms with E-state index in [1.165, 1.54) is 46.6 Å². The van der Waals surface area contributed by atoms with Crippen LogP contribution in [-0.4, -0.2) is 50.6 Å². The van der Waals surface area contributed by atoms with Gasteiger partial charge < -0.3 is 19.5 Å². The largest absolute Gasteiger partial charge is 0.394 e. The maximum atomic E-state index is 14.6. The fourth-order valence-corrected chi connectivity index (χ4v) is 8.90. The van der Waals surface area contributed by atoms with Gasteiger partial charge in [-0.25, -0.2) is 0 Å². The summed E-state index contributed by atoms with van der Waals surface area (Å²) >= 11 is 0. The summed E-state index contributed by atoms with van der Waals surface area (Å²) in [5.41, 5.74) is 5.48. The molecule has 224 valence electrons. The van der Waals surface area contributed by atoms with E-state index >= 15 is 0 Å². The molecular formula is C37H43N2O4+. The van der Waals surface area contributed by atoms with E-state index in [2.05, 4.69) is 84.4 Å². The van der Waals surface area contributed by atoms with E-state index in [1.54, 1.807) is 0 Å². The maximum Gasteiger partial charge on any atom is 0.233 e. The van der Waals surface area contributed by atoms with Gasteiger partial charge in [-0.3, -0.25) is 4.79 Å². The summed E-state index contributed by atoms with van der Waals surface area (Å²) in [5, 5.41) is 11.4. The Bertz CT molecular complexity index is 1520. The lowest BCUT2D eigenvalue weighted by atomic mass is 9.49. The summed E-state index contributed by atoms with van der Waals surface area (Å²) in [6.07, 6.45) is 7.07. The Labute approximate surface area is 254 Å². The highest BCUT2D eigenvalue weighted by Crippen LogP contribution is 2.60. The molecule has 3 aromatic carbocycles. The summed E-state index contributed by atoms with van der Waals surface area (Å²) in [6, 6.07) is 25.8. The Hall–Kier alpha value is -3.32. The van der Waals surface area contributed by atoms with Gasteiger partial charge in [-0.1, -0.05) is 36.4 Å². The molecule has 0 atom stereocenters. The van der Waals surface area contributed by atoms with Gasteiger partial charge in [-0.05, 0) is 86.1 Å². The van der Waals surface area contributed by atoms with Crippen molar-refractivity contribution in [3.63, 3.8) is 0 Å². The molecule has 6 heteroatoms. The third-order valence-corrected chi connectivity index (χ3v) is 10.3. The Morgan fingerprint density at radius 3 is 1.88 bits per heavy atom. The van der Waals surface area contributed by atoms with E-state index in [0.29, 0.717) is 56.6 Å². The van der Waals surface area contributed by atoms with Crippen LogP contribution in [-0.2, 0) is 21.3 Å². The number of ether oxygens (including phenoxy) is 2. The van der Waals surface area contributed by atoms with Crippen molar-refractivity contribution in [1.82, 2.24) is 0 Å². The van der Waals surface area contributed by atoms with Crippen LogP contribution in [0.1, 0.15) is 38.5 Å². The Morgan fingerprint density at radius 1 is 0.791 bits per heavy atom. The van der Waals surface area contributed by atoms with Crippen molar-refractivity contribution < 1.29 is 23.9 Å². The number of anilines is 1. The molecule has 4 saturated carbocycles. The van der Waals surface area contributed by atoms with Gasteiger partial charge in [0.25, 0.3) is 0 Å². The molecule has 1 heterocycles. The first-order valence-corrected chi connectivity index (χ1v) is 16.0. The zero-order valence-corrected chi connectivity index (χ0v) is 25.2. The molecule has 4 aliphatic rings. The Kier molecular flexibility index (Phi) is 7.93. The number of aliphatic hydroxyl groups is 1. The monoisotopic (exact) mass is 579 g/mol. The zero-order valence-electron chi connectivity index (χ0n) is 25.2. The summed E-state index contributed by atoms with van der Waals surface area (Å²) < 4.78 is 13.5. The number of rotatable bonds is 11. The van der Waals surface area contributed by atoms with Crippen LogP contribution in [0.4, 0.5) is 5.69 Å². The van der Waals surface area contributed by atoms with Gasteiger partial charge in [0.1, 0.15) is 7.05 Å². The van der Waals surface area contributed by atoms with Crippen LogP contribution in [0, 0.1) is 23.2 Å². The fraction of sp³-hybridized carbons (Fsp3) is 0.459. The number of pyridine rings is 1. The van der Waals surface area contributed by atoms with E-state index in [4.69, 9.17) is 14.6 Å². The number of aryl methyl sites for hydroxylation is 1. The average molecular weight is 580 g/mol. The van der Waals surface area contributed by atoms with Crippen LogP contribution in [0.15, 0.2) is 72.8 Å². The van der Waals surface area contributed by atoms with Crippen molar-refractivity contribution in [2.75, 3.05) is 44.5 Å². The molecule has 4 aliphatic carbocycles. The molecule has 4 aromatic rings. The molecule has 1 aromatic heterocycles. The second kappa shape index (κ2) is 12.0. The molecular weight excluding hydrogens is 536 g/mol. The molecule has 0 spiro atoms. The second-order valence-corrected chi connectivity index (χ2v) is 13.1. The minimum Gasteiger partial charge on any atom is -0.394 e. The zero-order chi connectivity index (χ0) is 29.4. The number of amides is 1. The van der Waals surface area contributed by atoms with Crippen molar-refractivity contribution in [1.29, 1.82) is 0 Å². The molecule has 4 fully saturated rings. The third-order valence-electron chi connectivity index (χ3n) is 10.3. The van der Waals surface area contributed by atoms with Gasteiger partial charge in [0.15, 0.2) is 0 Å². The molecule has 0 saturated heterocycles. The van der Waals surface area contributed by atoms with Crippen LogP contribution in [0.5, 0.6) is 0 Å². The second-order valence-electron chi connectivity index (χ2n) is 13.1. The van der Waals surface area contributed by atoms with Crippen LogP contribution >= 0.6 is 0 Å². The number of aromatic nitrogens is 1. The highest BCUT2D eigenvalue weighted by atomic mass is 16.5. The first kappa shape index (κ1) is 28.5. The van der Waals surface area contributed by atoms with Crippen LogP contribution in [0.3, 0.4) is 0 Å². The topological polar surface area (TPSA) is 62.9 Å².